The topological polar surface area (TPSA) is 77.0 Å². The van der Waals surface area contributed by atoms with Crippen LogP contribution in [0.2, 0.25) is 0 Å². The van der Waals surface area contributed by atoms with E-state index in [-0.39, 0.29) is 5.91 Å². The van der Waals surface area contributed by atoms with Gasteiger partial charge in [0.1, 0.15) is 5.01 Å². The first-order valence-electron chi connectivity index (χ1n) is 7.39. The number of carbonyl (C=O) groups excluding carboxylic acids is 1. The van der Waals surface area contributed by atoms with Gasteiger partial charge in [-0.1, -0.05) is 0 Å². The second-order valence-corrected chi connectivity index (χ2v) is 5.88. The monoisotopic (exact) mass is 340 g/mol. The Balaban J connectivity index is 1.53. The Bertz CT molecular complexity index is 803. The number of aryl methyl sites for hydroxylation is 1. The Morgan fingerprint density at radius 1 is 1.29 bits per heavy atom. The Labute approximate surface area is 143 Å². The molecule has 1 amide bonds. The molecule has 0 bridgehead atoms. The first kappa shape index (κ1) is 16.1. The third-order valence-corrected chi connectivity index (χ3v) is 4.24. The van der Waals surface area contributed by atoms with Crippen molar-refractivity contribution in [1.29, 1.82) is 0 Å². The van der Waals surface area contributed by atoms with Crippen molar-refractivity contribution in [3.63, 3.8) is 0 Å². The highest BCUT2D eigenvalue weighted by Crippen LogP contribution is 2.23. The smallest absolute Gasteiger partial charge is 0.224 e. The van der Waals surface area contributed by atoms with Crippen molar-refractivity contribution >= 4 is 22.9 Å². The molecular formula is C17H16N4O2S. The summed E-state index contributed by atoms with van der Waals surface area (Å²) in [5.74, 6) is 0.441. The van der Waals surface area contributed by atoms with Crippen LogP contribution in [-0.4, -0.2) is 28.0 Å². The van der Waals surface area contributed by atoms with Gasteiger partial charge in [0.15, 0.2) is 0 Å². The lowest BCUT2D eigenvalue weighted by Gasteiger charge is -2.05. The summed E-state index contributed by atoms with van der Waals surface area (Å²) in [7, 11) is 1.55. The molecule has 6 nitrogen and oxygen atoms in total. The van der Waals surface area contributed by atoms with E-state index < -0.39 is 0 Å². The van der Waals surface area contributed by atoms with Crippen LogP contribution in [0.3, 0.4) is 0 Å². The maximum Gasteiger partial charge on any atom is 0.224 e. The average Bonchev–Trinajstić information content (AvgIpc) is 3.10. The van der Waals surface area contributed by atoms with Crippen LogP contribution in [0, 0.1) is 0 Å². The fourth-order valence-electron chi connectivity index (χ4n) is 2.08. The highest BCUT2D eigenvalue weighted by molar-refractivity contribution is 7.13. The first-order chi connectivity index (χ1) is 11.7. The molecule has 7 heteroatoms. The van der Waals surface area contributed by atoms with Crippen molar-refractivity contribution in [2.24, 2.45) is 0 Å². The number of amides is 1. The number of thiazole rings is 1. The van der Waals surface area contributed by atoms with E-state index >= 15 is 0 Å². The molecule has 3 heterocycles. The Morgan fingerprint density at radius 3 is 2.92 bits per heavy atom. The lowest BCUT2D eigenvalue weighted by atomic mass is 10.2. The van der Waals surface area contributed by atoms with Crippen LogP contribution in [0.15, 0.2) is 48.2 Å². The summed E-state index contributed by atoms with van der Waals surface area (Å²) in [6.07, 6.45) is 6.04. The fraction of sp³-hybridized carbons (Fsp3) is 0.176. The van der Waals surface area contributed by atoms with Crippen LogP contribution in [0.5, 0.6) is 5.88 Å². The summed E-state index contributed by atoms with van der Waals surface area (Å²) in [6, 6.07) is 7.31. The number of rotatable bonds is 6. The van der Waals surface area contributed by atoms with E-state index in [9.17, 15) is 4.79 Å². The molecule has 0 aromatic carbocycles. The summed E-state index contributed by atoms with van der Waals surface area (Å²) >= 11 is 1.56. The predicted octanol–water partition coefficient (Wildman–Crippen LogP) is 3.18. The van der Waals surface area contributed by atoms with E-state index in [1.807, 2.05) is 17.5 Å². The molecule has 122 valence electrons. The van der Waals surface area contributed by atoms with Gasteiger partial charge in [0.25, 0.3) is 0 Å². The van der Waals surface area contributed by atoms with Crippen molar-refractivity contribution in [1.82, 2.24) is 15.0 Å². The number of carbonyl (C=O) groups is 1. The van der Waals surface area contributed by atoms with Crippen LogP contribution in [0.25, 0.3) is 10.6 Å². The van der Waals surface area contributed by atoms with Crippen LogP contribution >= 0.6 is 11.3 Å². The van der Waals surface area contributed by atoms with Gasteiger partial charge in [-0.3, -0.25) is 9.78 Å². The zero-order chi connectivity index (χ0) is 16.8. The molecule has 0 aliphatic carbocycles. The number of pyridine rings is 2. The summed E-state index contributed by atoms with van der Waals surface area (Å²) in [6.45, 7) is 0. The van der Waals surface area contributed by atoms with Gasteiger partial charge in [-0.2, -0.15) is 0 Å². The molecule has 1 N–H and O–H groups in total. The third kappa shape index (κ3) is 4.14. The fourth-order valence-corrected chi connectivity index (χ4v) is 2.93. The van der Waals surface area contributed by atoms with Crippen molar-refractivity contribution in [3.8, 4) is 16.5 Å². The van der Waals surface area contributed by atoms with E-state index in [0.717, 1.165) is 16.3 Å². The van der Waals surface area contributed by atoms with E-state index in [0.29, 0.717) is 24.4 Å². The van der Waals surface area contributed by atoms with E-state index in [1.54, 1.807) is 49.2 Å². The Morgan fingerprint density at radius 2 is 2.21 bits per heavy atom. The zero-order valence-electron chi connectivity index (χ0n) is 13.1. The van der Waals surface area contributed by atoms with Crippen molar-refractivity contribution < 1.29 is 9.53 Å². The van der Waals surface area contributed by atoms with Crippen LogP contribution < -0.4 is 10.1 Å². The van der Waals surface area contributed by atoms with Crippen molar-refractivity contribution in [3.05, 3.63) is 53.9 Å². The summed E-state index contributed by atoms with van der Waals surface area (Å²) in [5, 5.41) is 5.70. The zero-order valence-corrected chi connectivity index (χ0v) is 13.9. The number of aromatic nitrogens is 3. The molecule has 3 aromatic rings. The Kier molecular flexibility index (Phi) is 5.12. The first-order valence-corrected chi connectivity index (χ1v) is 8.27. The number of hydrogen-bond acceptors (Lipinski definition) is 6. The predicted molar refractivity (Wildman–Crippen MR) is 93.1 cm³/mol. The SMILES string of the molecule is COc1ccc(NC(=O)CCc2csc(-c3cccnc3)n2)cn1. The van der Waals surface area contributed by atoms with Gasteiger partial charge >= 0.3 is 0 Å². The van der Waals surface area contributed by atoms with Gasteiger partial charge in [-0.05, 0) is 24.6 Å². The number of nitrogens with zero attached hydrogens (tertiary/aromatic N) is 3. The largest absolute Gasteiger partial charge is 0.481 e. The minimum absolute atomic E-state index is 0.0714. The molecule has 0 fully saturated rings. The average molecular weight is 340 g/mol. The maximum absolute atomic E-state index is 12.0. The van der Waals surface area contributed by atoms with Gasteiger partial charge < -0.3 is 10.1 Å². The molecule has 0 aliphatic rings. The number of anilines is 1. The Hall–Kier alpha value is -2.80. The van der Waals surface area contributed by atoms with Crippen LogP contribution in [0.1, 0.15) is 12.1 Å². The molecule has 0 radical (unpaired) electrons. The molecule has 3 aromatic heterocycles. The second-order valence-electron chi connectivity index (χ2n) is 5.02. The van der Waals surface area contributed by atoms with Crippen molar-refractivity contribution in [2.45, 2.75) is 12.8 Å². The quantitative estimate of drug-likeness (QED) is 0.746. The molecule has 3 rings (SSSR count). The molecular weight excluding hydrogens is 324 g/mol. The summed E-state index contributed by atoms with van der Waals surface area (Å²) in [4.78, 5) is 24.7. The minimum atomic E-state index is -0.0714. The lowest BCUT2D eigenvalue weighted by molar-refractivity contribution is -0.116. The summed E-state index contributed by atoms with van der Waals surface area (Å²) in [5.41, 5.74) is 2.54. The molecule has 0 spiro atoms. The minimum Gasteiger partial charge on any atom is -0.481 e. The maximum atomic E-state index is 12.0. The molecule has 0 saturated heterocycles. The van der Waals surface area contributed by atoms with E-state index in [4.69, 9.17) is 4.74 Å². The number of nitrogens with one attached hydrogen (secondary N) is 1. The highest BCUT2D eigenvalue weighted by Gasteiger charge is 2.08. The van der Waals surface area contributed by atoms with E-state index in [2.05, 4.69) is 20.3 Å². The van der Waals surface area contributed by atoms with Gasteiger partial charge in [0.2, 0.25) is 11.8 Å². The standard InChI is InChI=1S/C17H16N4O2S/c1-23-16-7-5-13(10-19-16)20-15(22)6-4-14-11-24-17(21-14)12-3-2-8-18-9-12/h2-3,5,7-11H,4,6H2,1H3,(H,20,22). The van der Waals surface area contributed by atoms with Crippen LogP contribution in [0.4, 0.5) is 5.69 Å². The molecule has 0 unspecified atom stereocenters. The van der Waals surface area contributed by atoms with Gasteiger partial charge in [-0.15, -0.1) is 11.3 Å². The van der Waals surface area contributed by atoms with Gasteiger partial charge in [-0.25, -0.2) is 9.97 Å². The number of hydrogen-bond donors (Lipinski definition) is 1. The molecule has 0 saturated carbocycles. The normalized spacial score (nSPS) is 10.4. The molecule has 24 heavy (non-hydrogen) atoms. The second kappa shape index (κ2) is 7.65. The third-order valence-electron chi connectivity index (χ3n) is 3.30. The van der Waals surface area contributed by atoms with Crippen molar-refractivity contribution in [2.75, 3.05) is 12.4 Å². The van der Waals surface area contributed by atoms with Crippen LogP contribution in [-0.2, 0) is 11.2 Å². The van der Waals surface area contributed by atoms with Gasteiger partial charge in [0, 0.05) is 35.8 Å². The summed E-state index contributed by atoms with van der Waals surface area (Å²) < 4.78 is 4.98. The molecule has 0 atom stereocenters. The number of ether oxygens (including phenoxy) is 1. The number of methoxy groups -OCH3 is 1. The van der Waals surface area contributed by atoms with E-state index in [1.165, 1.54) is 0 Å². The van der Waals surface area contributed by atoms with Gasteiger partial charge in [0.05, 0.1) is 24.7 Å². The molecule has 0 aliphatic heterocycles. The lowest BCUT2D eigenvalue weighted by Crippen LogP contribution is -2.12. The highest BCUT2D eigenvalue weighted by atomic mass is 32.1.